The van der Waals surface area contributed by atoms with E-state index in [2.05, 4.69) is 15.9 Å². The molecule has 2 N–H and O–H groups in total. The summed E-state index contributed by atoms with van der Waals surface area (Å²) in [5.74, 6) is -0.0493. The number of fused-ring (bicyclic) bond motifs is 1. The van der Waals surface area contributed by atoms with Gasteiger partial charge in [-0.3, -0.25) is 4.79 Å². The number of hydrogen-bond donors (Lipinski definition) is 1. The summed E-state index contributed by atoms with van der Waals surface area (Å²) in [6, 6.07) is 18.7. The summed E-state index contributed by atoms with van der Waals surface area (Å²) in [6.45, 7) is 0. The Bertz CT molecular complexity index is 811. The van der Waals surface area contributed by atoms with Crippen LogP contribution in [0.25, 0.3) is 10.8 Å². The van der Waals surface area contributed by atoms with E-state index in [9.17, 15) is 4.79 Å². The molecule has 3 rings (SSSR count). The minimum atomic E-state index is -0.0493. The smallest absolute Gasteiger partial charge is 0.195 e. The first-order valence-corrected chi connectivity index (χ1v) is 7.04. The van der Waals surface area contributed by atoms with Crippen LogP contribution in [0.3, 0.4) is 0 Å². The van der Waals surface area contributed by atoms with Crippen molar-refractivity contribution in [3.63, 3.8) is 0 Å². The number of nitrogen functional groups attached to an aromatic ring is 1. The molecule has 0 heterocycles. The molecular weight excluding hydrogens is 314 g/mol. The highest BCUT2D eigenvalue weighted by Gasteiger charge is 2.15. The first-order valence-electron chi connectivity index (χ1n) is 6.25. The van der Waals surface area contributed by atoms with Crippen LogP contribution >= 0.6 is 15.9 Å². The van der Waals surface area contributed by atoms with Gasteiger partial charge in [0.2, 0.25) is 0 Å². The third-order valence-electron chi connectivity index (χ3n) is 3.32. The van der Waals surface area contributed by atoms with Gasteiger partial charge in [0.15, 0.2) is 5.78 Å². The molecule has 98 valence electrons. The lowest BCUT2D eigenvalue weighted by molar-refractivity contribution is 0.104. The lowest BCUT2D eigenvalue weighted by atomic mass is 9.96. The molecule has 2 nitrogen and oxygen atoms in total. The van der Waals surface area contributed by atoms with Crippen molar-refractivity contribution in [2.24, 2.45) is 0 Å². The van der Waals surface area contributed by atoms with Gasteiger partial charge in [-0.1, -0.05) is 52.3 Å². The maximum atomic E-state index is 12.7. The highest BCUT2D eigenvalue weighted by molar-refractivity contribution is 9.10. The minimum Gasteiger partial charge on any atom is -0.398 e. The number of rotatable bonds is 2. The van der Waals surface area contributed by atoms with Crippen LogP contribution in [-0.2, 0) is 0 Å². The number of para-hydroxylation sites is 1. The molecule has 0 bridgehead atoms. The van der Waals surface area contributed by atoms with Gasteiger partial charge in [0.1, 0.15) is 0 Å². The fourth-order valence-corrected chi connectivity index (χ4v) is 2.79. The van der Waals surface area contributed by atoms with Crippen LogP contribution in [0.2, 0.25) is 0 Å². The predicted molar refractivity (Wildman–Crippen MR) is 85.9 cm³/mol. The standard InChI is InChI=1S/C17H12BrNO/c18-15-10-9-13(11-5-1-2-6-12(11)15)17(20)14-7-3-4-8-16(14)19/h1-10H,19H2. The second kappa shape index (κ2) is 5.10. The highest BCUT2D eigenvalue weighted by atomic mass is 79.9. The van der Waals surface area contributed by atoms with E-state index in [-0.39, 0.29) is 5.78 Å². The Balaban J connectivity index is 2.23. The van der Waals surface area contributed by atoms with Gasteiger partial charge in [0, 0.05) is 21.3 Å². The molecule has 0 unspecified atom stereocenters. The molecule has 0 atom stereocenters. The van der Waals surface area contributed by atoms with Gasteiger partial charge >= 0.3 is 0 Å². The number of ketones is 1. The Morgan fingerprint density at radius 3 is 2.20 bits per heavy atom. The molecule has 0 radical (unpaired) electrons. The van der Waals surface area contributed by atoms with E-state index in [0.29, 0.717) is 16.8 Å². The molecule has 0 saturated heterocycles. The molecule has 3 heteroatoms. The highest BCUT2D eigenvalue weighted by Crippen LogP contribution is 2.29. The quantitative estimate of drug-likeness (QED) is 0.560. The lowest BCUT2D eigenvalue weighted by Crippen LogP contribution is -2.05. The van der Waals surface area contributed by atoms with E-state index in [1.165, 1.54) is 0 Å². The molecule has 0 aliphatic carbocycles. The second-order valence-electron chi connectivity index (χ2n) is 4.56. The number of hydrogen-bond acceptors (Lipinski definition) is 2. The Morgan fingerprint density at radius 1 is 0.800 bits per heavy atom. The third-order valence-corrected chi connectivity index (χ3v) is 4.01. The summed E-state index contributed by atoms with van der Waals surface area (Å²) in [6.07, 6.45) is 0. The van der Waals surface area contributed by atoms with Crippen LogP contribution in [0.4, 0.5) is 5.69 Å². The fourth-order valence-electron chi connectivity index (χ4n) is 2.31. The number of halogens is 1. The molecule has 3 aromatic rings. The molecule has 0 amide bonds. The molecule has 0 aliphatic heterocycles. The SMILES string of the molecule is Nc1ccccc1C(=O)c1ccc(Br)c2ccccc12. The van der Waals surface area contributed by atoms with Gasteiger partial charge < -0.3 is 5.73 Å². The van der Waals surface area contributed by atoms with Gasteiger partial charge in [-0.2, -0.15) is 0 Å². The van der Waals surface area contributed by atoms with Crippen molar-refractivity contribution in [3.05, 3.63) is 76.3 Å². The minimum absolute atomic E-state index is 0.0493. The van der Waals surface area contributed by atoms with Crippen molar-refractivity contribution in [1.29, 1.82) is 0 Å². The number of anilines is 1. The fraction of sp³-hybridized carbons (Fsp3) is 0. The van der Waals surface area contributed by atoms with Crippen LogP contribution in [0.1, 0.15) is 15.9 Å². The molecule has 20 heavy (non-hydrogen) atoms. The molecular formula is C17H12BrNO. The Hall–Kier alpha value is -2.13. The van der Waals surface area contributed by atoms with Crippen molar-refractivity contribution in [1.82, 2.24) is 0 Å². The molecule has 0 aliphatic rings. The van der Waals surface area contributed by atoms with Crippen molar-refractivity contribution in [2.75, 3.05) is 5.73 Å². The van der Waals surface area contributed by atoms with E-state index in [0.717, 1.165) is 15.2 Å². The number of carbonyl (C=O) groups is 1. The van der Waals surface area contributed by atoms with Crippen molar-refractivity contribution in [2.45, 2.75) is 0 Å². The average Bonchev–Trinajstić information content (AvgIpc) is 2.48. The summed E-state index contributed by atoms with van der Waals surface area (Å²) >= 11 is 3.51. The monoisotopic (exact) mass is 325 g/mol. The molecule has 0 fully saturated rings. The van der Waals surface area contributed by atoms with Crippen molar-refractivity contribution in [3.8, 4) is 0 Å². The zero-order valence-electron chi connectivity index (χ0n) is 10.6. The van der Waals surface area contributed by atoms with Crippen molar-refractivity contribution >= 4 is 38.2 Å². The second-order valence-corrected chi connectivity index (χ2v) is 5.41. The van der Waals surface area contributed by atoms with Gasteiger partial charge in [-0.15, -0.1) is 0 Å². The normalized spacial score (nSPS) is 10.7. The van der Waals surface area contributed by atoms with Crippen LogP contribution in [0, 0.1) is 0 Å². The van der Waals surface area contributed by atoms with E-state index < -0.39 is 0 Å². The van der Waals surface area contributed by atoms with Crippen molar-refractivity contribution < 1.29 is 4.79 Å². The van der Waals surface area contributed by atoms with E-state index in [4.69, 9.17) is 5.73 Å². The number of carbonyl (C=O) groups excluding carboxylic acids is 1. The van der Waals surface area contributed by atoms with Crippen LogP contribution < -0.4 is 5.73 Å². The maximum Gasteiger partial charge on any atom is 0.195 e. The molecule has 0 saturated carbocycles. The van der Waals surface area contributed by atoms with Gasteiger partial charge in [0.05, 0.1) is 0 Å². The summed E-state index contributed by atoms with van der Waals surface area (Å²) in [7, 11) is 0. The number of nitrogens with two attached hydrogens (primary N) is 1. The van der Waals surface area contributed by atoms with E-state index in [1.54, 1.807) is 12.1 Å². The largest absolute Gasteiger partial charge is 0.398 e. The summed E-state index contributed by atoms with van der Waals surface area (Å²) in [5.41, 5.74) is 7.62. The molecule has 0 spiro atoms. The summed E-state index contributed by atoms with van der Waals surface area (Å²) in [4.78, 5) is 12.7. The lowest BCUT2D eigenvalue weighted by Gasteiger charge is -2.09. The zero-order chi connectivity index (χ0) is 14.1. The first-order chi connectivity index (χ1) is 9.68. The maximum absolute atomic E-state index is 12.7. The third kappa shape index (κ3) is 2.10. The molecule has 3 aromatic carbocycles. The predicted octanol–water partition coefficient (Wildman–Crippen LogP) is 4.42. The van der Waals surface area contributed by atoms with E-state index in [1.807, 2.05) is 48.5 Å². The Labute approximate surface area is 125 Å². The van der Waals surface area contributed by atoms with Gasteiger partial charge in [-0.05, 0) is 35.0 Å². The van der Waals surface area contributed by atoms with Crippen LogP contribution in [-0.4, -0.2) is 5.78 Å². The summed E-state index contributed by atoms with van der Waals surface area (Å²) < 4.78 is 0.977. The van der Waals surface area contributed by atoms with E-state index >= 15 is 0 Å². The topological polar surface area (TPSA) is 43.1 Å². The molecule has 0 aromatic heterocycles. The number of benzene rings is 3. The van der Waals surface area contributed by atoms with Gasteiger partial charge in [-0.25, -0.2) is 0 Å². The Morgan fingerprint density at radius 2 is 1.45 bits per heavy atom. The summed E-state index contributed by atoms with van der Waals surface area (Å²) in [5, 5.41) is 1.95. The Kier molecular flexibility index (Phi) is 3.28. The average molecular weight is 326 g/mol. The van der Waals surface area contributed by atoms with Crippen LogP contribution in [0.5, 0.6) is 0 Å². The zero-order valence-corrected chi connectivity index (χ0v) is 12.2. The van der Waals surface area contributed by atoms with Crippen LogP contribution in [0.15, 0.2) is 65.1 Å². The van der Waals surface area contributed by atoms with Gasteiger partial charge in [0.25, 0.3) is 0 Å². The first kappa shape index (κ1) is 12.9.